The molecule has 0 saturated heterocycles. The van der Waals surface area contributed by atoms with Gasteiger partial charge in [0.2, 0.25) is 5.76 Å². The Labute approximate surface area is 126 Å². The largest absolute Gasteiger partial charge is 0.475 e. The Balaban J connectivity index is 1.64. The summed E-state index contributed by atoms with van der Waals surface area (Å²) < 4.78 is 6.73. The molecule has 2 heterocycles. The van der Waals surface area contributed by atoms with Gasteiger partial charge in [0.1, 0.15) is 5.69 Å². The Morgan fingerprint density at radius 3 is 2.64 bits per heavy atom. The van der Waals surface area contributed by atoms with Crippen molar-refractivity contribution in [1.29, 1.82) is 0 Å². The molecule has 1 N–H and O–H groups in total. The van der Waals surface area contributed by atoms with Gasteiger partial charge in [0.05, 0.1) is 5.69 Å². The molecule has 0 aliphatic heterocycles. The third-order valence-electron chi connectivity index (χ3n) is 3.80. The number of carboxylic acids is 1. The van der Waals surface area contributed by atoms with Crippen LogP contribution in [-0.4, -0.2) is 26.0 Å². The van der Waals surface area contributed by atoms with Crippen LogP contribution in [0, 0.1) is 0 Å². The minimum atomic E-state index is -1.12. The molecule has 0 atom stereocenters. The lowest BCUT2D eigenvalue weighted by atomic mass is 10.1. The van der Waals surface area contributed by atoms with Crippen LogP contribution in [0.4, 0.5) is 0 Å². The summed E-state index contributed by atoms with van der Waals surface area (Å²) in [5.74, 6) is -0.668. The van der Waals surface area contributed by atoms with Gasteiger partial charge >= 0.3 is 5.97 Å². The van der Waals surface area contributed by atoms with Crippen LogP contribution < -0.4 is 0 Å². The van der Waals surface area contributed by atoms with Crippen molar-refractivity contribution >= 4 is 5.97 Å². The summed E-state index contributed by atoms with van der Waals surface area (Å²) in [5, 5.41) is 17.0. The zero-order chi connectivity index (χ0) is 15.1. The number of rotatable bonds is 4. The molecule has 22 heavy (non-hydrogen) atoms. The zero-order valence-corrected chi connectivity index (χ0v) is 11.6. The molecule has 3 aromatic rings. The maximum absolute atomic E-state index is 10.8. The van der Waals surface area contributed by atoms with Gasteiger partial charge < -0.3 is 9.63 Å². The van der Waals surface area contributed by atoms with Crippen LogP contribution in [-0.2, 0) is 0 Å². The van der Waals surface area contributed by atoms with Crippen molar-refractivity contribution in [2.24, 2.45) is 0 Å². The lowest BCUT2D eigenvalue weighted by Crippen LogP contribution is -2.00. The summed E-state index contributed by atoms with van der Waals surface area (Å²) in [6, 6.07) is 11.1. The number of carboxylic acid groups (broad SMARTS) is 1. The predicted molar refractivity (Wildman–Crippen MR) is 78.0 cm³/mol. The van der Waals surface area contributed by atoms with Crippen molar-refractivity contribution in [1.82, 2.24) is 14.9 Å². The molecule has 0 radical (unpaired) electrons. The van der Waals surface area contributed by atoms with Gasteiger partial charge in [-0.2, -0.15) is 5.10 Å². The molecule has 0 spiro atoms. The first-order valence-corrected chi connectivity index (χ1v) is 7.07. The van der Waals surface area contributed by atoms with Crippen LogP contribution in [0.3, 0.4) is 0 Å². The molecular formula is C16H13N3O3. The fourth-order valence-electron chi connectivity index (χ4n) is 2.50. The summed E-state index contributed by atoms with van der Waals surface area (Å²) in [4.78, 5) is 10.8. The van der Waals surface area contributed by atoms with Gasteiger partial charge in [-0.25, -0.2) is 9.48 Å². The van der Waals surface area contributed by atoms with Crippen molar-refractivity contribution in [2.45, 2.75) is 18.8 Å². The Morgan fingerprint density at radius 2 is 2.00 bits per heavy atom. The molecule has 1 aliphatic carbocycles. The smallest absolute Gasteiger partial charge is 0.374 e. The highest BCUT2D eigenvalue weighted by Crippen LogP contribution is 2.40. The van der Waals surface area contributed by atoms with Crippen LogP contribution in [0.15, 0.2) is 47.1 Å². The molecule has 6 heteroatoms. The molecule has 1 saturated carbocycles. The molecule has 2 aromatic heterocycles. The fourth-order valence-corrected chi connectivity index (χ4v) is 2.50. The molecule has 0 bridgehead atoms. The lowest BCUT2D eigenvalue weighted by Gasteiger charge is -2.07. The number of aromatic nitrogens is 3. The van der Waals surface area contributed by atoms with Gasteiger partial charge in [-0.05, 0) is 31.0 Å². The summed E-state index contributed by atoms with van der Waals surface area (Å²) in [7, 11) is 0. The summed E-state index contributed by atoms with van der Waals surface area (Å²) in [6.45, 7) is 0. The van der Waals surface area contributed by atoms with Gasteiger partial charge in [0.25, 0.3) is 0 Å². The Morgan fingerprint density at radius 1 is 1.23 bits per heavy atom. The Bertz CT molecular complexity index is 828. The molecule has 4 rings (SSSR count). The van der Waals surface area contributed by atoms with E-state index in [0.717, 1.165) is 11.3 Å². The molecule has 1 aromatic carbocycles. The molecule has 6 nitrogen and oxygen atoms in total. The maximum atomic E-state index is 10.8. The monoisotopic (exact) mass is 295 g/mol. The third kappa shape index (κ3) is 2.18. The SMILES string of the molecule is O=C(O)c1cc(-c2ccc(-n3nccc3C3CC3)cc2)no1. The number of benzene rings is 1. The Kier molecular flexibility index (Phi) is 2.82. The third-order valence-corrected chi connectivity index (χ3v) is 3.80. The second kappa shape index (κ2) is 4.84. The number of carbonyl (C=O) groups is 1. The van der Waals surface area contributed by atoms with Gasteiger partial charge in [0, 0.05) is 29.4 Å². The van der Waals surface area contributed by atoms with Crippen LogP contribution >= 0.6 is 0 Å². The van der Waals surface area contributed by atoms with E-state index in [4.69, 9.17) is 9.63 Å². The second-order valence-corrected chi connectivity index (χ2v) is 5.37. The quantitative estimate of drug-likeness (QED) is 0.799. The van der Waals surface area contributed by atoms with Crippen molar-refractivity contribution in [3.8, 4) is 16.9 Å². The second-order valence-electron chi connectivity index (χ2n) is 5.37. The molecule has 0 unspecified atom stereocenters. The van der Waals surface area contributed by atoms with Gasteiger partial charge in [0.15, 0.2) is 0 Å². The molecular weight excluding hydrogens is 282 g/mol. The predicted octanol–water partition coefficient (Wildman–Crippen LogP) is 3.10. The van der Waals surface area contributed by atoms with Crippen LogP contribution in [0.1, 0.15) is 35.0 Å². The number of hydrogen-bond acceptors (Lipinski definition) is 4. The summed E-state index contributed by atoms with van der Waals surface area (Å²) in [6.07, 6.45) is 4.26. The molecule has 1 aliphatic rings. The minimum Gasteiger partial charge on any atom is -0.475 e. The number of hydrogen-bond donors (Lipinski definition) is 1. The topological polar surface area (TPSA) is 81.1 Å². The van der Waals surface area contributed by atoms with E-state index in [9.17, 15) is 4.79 Å². The Hall–Kier alpha value is -2.89. The standard InChI is InChI=1S/C16H13N3O3/c20-16(21)15-9-13(18-22-15)10-3-5-12(6-4-10)19-14(7-8-17-19)11-1-2-11/h3-9,11H,1-2H2,(H,20,21). The zero-order valence-electron chi connectivity index (χ0n) is 11.6. The van der Waals surface area contributed by atoms with Gasteiger partial charge in [-0.15, -0.1) is 0 Å². The van der Waals surface area contributed by atoms with E-state index in [1.165, 1.54) is 24.6 Å². The van der Waals surface area contributed by atoms with Crippen LogP contribution in [0.2, 0.25) is 0 Å². The first kappa shape index (κ1) is 12.8. The van der Waals surface area contributed by atoms with Crippen molar-refractivity contribution in [3.05, 3.63) is 54.0 Å². The van der Waals surface area contributed by atoms with Crippen LogP contribution in [0.25, 0.3) is 16.9 Å². The highest BCUT2D eigenvalue weighted by Gasteiger charge is 2.27. The fraction of sp³-hybridized carbons (Fsp3) is 0.188. The van der Waals surface area contributed by atoms with Crippen LogP contribution in [0.5, 0.6) is 0 Å². The van der Waals surface area contributed by atoms with Crippen molar-refractivity contribution < 1.29 is 14.4 Å². The first-order valence-electron chi connectivity index (χ1n) is 7.07. The average Bonchev–Trinajstić information content (AvgIpc) is 3.06. The number of aromatic carboxylic acids is 1. The van der Waals surface area contributed by atoms with E-state index in [1.807, 2.05) is 35.1 Å². The highest BCUT2D eigenvalue weighted by molar-refractivity contribution is 5.85. The average molecular weight is 295 g/mol. The van der Waals surface area contributed by atoms with E-state index in [0.29, 0.717) is 11.6 Å². The normalized spacial score (nSPS) is 14.2. The number of nitrogens with zero attached hydrogens (tertiary/aromatic N) is 3. The molecule has 0 amide bonds. The molecule has 1 fully saturated rings. The maximum Gasteiger partial charge on any atom is 0.374 e. The van der Waals surface area contributed by atoms with Crippen molar-refractivity contribution in [3.63, 3.8) is 0 Å². The van der Waals surface area contributed by atoms with Gasteiger partial charge in [-0.1, -0.05) is 17.3 Å². The minimum absolute atomic E-state index is 0.165. The van der Waals surface area contributed by atoms with E-state index in [-0.39, 0.29) is 5.76 Å². The van der Waals surface area contributed by atoms with E-state index >= 15 is 0 Å². The summed E-state index contributed by atoms with van der Waals surface area (Å²) >= 11 is 0. The van der Waals surface area contributed by atoms with E-state index < -0.39 is 5.97 Å². The highest BCUT2D eigenvalue weighted by atomic mass is 16.5. The van der Waals surface area contributed by atoms with Crippen molar-refractivity contribution in [2.75, 3.05) is 0 Å². The van der Waals surface area contributed by atoms with E-state index in [1.54, 1.807) is 0 Å². The summed E-state index contributed by atoms with van der Waals surface area (Å²) in [5.41, 5.74) is 3.53. The molecule has 110 valence electrons. The lowest BCUT2D eigenvalue weighted by molar-refractivity contribution is 0.0652. The van der Waals surface area contributed by atoms with Gasteiger partial charge in [-0.3, -0.25) is 0 Å². The first-order chi connectivity index (χ1) is 10.7. The van der Waals surface area contributed by atoms with E-state index in [2.05, 4.69) is 16.3 Å².